The van der Waals surface area contributed by atoms with Gasteiger partial charge in [0.05, 0.1) is 11.6 Å². The number of anilines is 3. The van der Waals surface area contributed by atoms with Crippen molar-refractivity contribution in [3.63, 3.8) is 0 Å². The number of carbonyl (C=O) groups excluding carboxylic acids is 1. The number of hydrogen-bond donors (Lipinski definition) is 1. The molecule has 2 heterocycles. The van der Waals surface area contributed by atoms with Crippen LogP contribution in [0, 0.1) is 11.3 Å². The Balaban J connectivity index is 1.37. The SMILES string of the molecule is N#Cc1cccc(NC(=O)c2ccc(N3CCN(c4ccccc4)CC3)nn2)c1. The summed E-state index contributed by atoms with van der Waals surface area (Å²) in [5, 5.41) is 20.0. The van der Waals surface area contributed by atoms with E-state index in [2.05, 4.69) is 37.4 Å². The molecular formula is C22H20N6O. The van der Waals surface area contributed by atoms with Crippen LogP contribution in [0.5, 0.6) is 0 Å². The van der Waals surface area contributed by atoms with Crippen LogP contribution in [0.2, 0.25) is 0 Å². The van der Waals surface area contributed by atoms with E-state index < -0.39 is 0 Å². The molecule has 1 amide bonds. The topological polar surface area (TPSA) is 85.2 Å². The Labute approximate surface area is 169 Å². The van der Waals surface area contributed by atoms with Crippen LogP contribution in [0.3, 0.4) is 0 Å². The number of benzene rings is 2. The molecule has 4 rings (SSSR count). The van der Waals surface area contributed by atoms with Gasteiger partial charge in [0.25, 0.3) is 5.91 Å². The van der Waals surface area contributed by atoms with E-state index in [4.69, 9.17) is 5.26 Å². The first-order chi connectivity index (χ1) is 14.2. The average molecular weight is 384 g/mol. The number of piperazine rings is 1. The van der Waals surface area contributed by atoms with E-state index in [1.807, 2.05) is 30.3 Å². The molecule has 1 saturated heterocycles. The minimum atomic E-state index is -0.354. The maximum absolute atomic E-state index is 12.4. The first kappa shape index (κ1) is 18.4. The third kappa shape index (κ3) is 4.33. The van der Waals surface area contributed by atoms with Crippen molar-refractivity contribution in [2.75, 3.05) is 41.3 Å². The molecule has 1 N–H and O–H groups in total. The standard InChI is InChI=1S/C22H20N6O/c23-16-17-5-4-6-18(15-17)24-22(29)20-9-10-21(26-25-20)28-13-11-27(12-14-28)19-7-2-1-3-8-19/h1-10,15H,11-14H2,(H,24,29). The second-order valence-corrected chi connectivity index (χ2v) is 6.73. The van der Waals surface area contributed by atoms with Gasteiger partial charge in [0.15, 0.2) is 11.5 Å². The van der Waals surface area contributed by atoms with Crippen molar-refractivity contribution < 1.29 is 4.79 Å². The lowest BCUT2D eigenvalue weighted by Gasteiger charge is -2.36. The van der Waals surface area contributed by atoms with Gasteiger partial charge in [0, 0.05) is 37.6 Å². The van der Waals surface area contributed by atoms with Crippen molar-refractivity contribution in [2.45, 2.75) is 0 Å². The van der Waals surface area contributed by atoms with Crippen LogP contribution in [-0.4, -0.2) is 42.3 Å². The lowest BCUT2D eigenvalue weighted by molar-refractivity contribution is 0.102. The smallest absolute Gasteiger partial charge is 0.276 e. The van der Waals surface area contributed by atoms with Gasteiger partial charge in [-0.25, -0.2) is 0 Å². The molecule has 0 aliphatic carbocycles. The van der Waals surface area contributed by atoms with Crippen LogP contribution >= 0.6 is 0 Å². The second-order valence-electron chi connectivity index (χ2n) is 6.73. The summed E-state index contributed by atoms with van der Waals surface area (Å²) in [6.45, 7) is 3.50. The predicted octanol–water partition coefficient (Wildman–Crippen LogP) is 2.93. The lowest BCUT2D eigenvalue weighted by Crippen LogP contribution is -2.46. The molecule has 0 bridgehead atoms. The summed E-state index contributed by atoms with van der Waals surface area (Å²) in [7, 11) is 0. The number of amides is 1. The number of hydrogen-bond acceptors (Lipinski definition) is 6. The molecule has 0 radical (unpaired) electrons. The first-order valence-electron chi connectivity index (χ1n) is 9.43. The van der Waals surface area contributed by atoms with Crippen LogP contribution in [0.25, 0.3) is 0 Å². The lowest BCUT2D eigenvalue weighted by atomic mass is 10.2. The van der Waals surface area contributed by atoms with E-state index in [1.165, 1.54) is 5.69 Å². The van der Waals surface area contributed by atoms with Gasteiger partial charge in [-0.2, -0.15) is 5.26 Å². The minimum Gasteiger partial charge on any atom is -0.368 e. The highest BCUT2D eigenvalue weighted by molar-refractivity contribution is 6.02. The van der Waals surface area contributed by atoms with Crippen molar-refractivity contribution >= 4 is 23.1 Å². The van der Waals surface area contributed by atoms with Gasteiger partial charge in [-0.05, 0) is 42.5 Å². The fourth-order valence-corrected chi connectivity index (χ4v) is 3.31. The van der Waals surface area contributed by atoms with E-state index >= 15 is 0 Å². The molecule has 2 aromatic carbocycles. The van der Waals surface area contributed by atoms with Crippen LogP contribution in [-0.2, 0) is 0 Å². The van der Waals surface area contributed by atoms with E-state index in [-0.39, 0.29) is 11.6 Å². The van der Waals surface area contributed by atoms with Crippen molar-refractivity contribution in [3.8, 4) is 6.07 Å². The van der Waals surface area contributed by atoms with Gasteiger partial charge in [0.1, 0.15) is 0 Å². The minimum absolute atomic E-state index is 0.235. The Morgan fingerprint density at radius 1 is 0.897 bits per heavy atom. The number of carbonyl (C=O) groups is 1. The van der Waals surface area contributed by atoms with Gasteiger partial charge in [-0.3, -0.25) is 4.79 Å². The highest BCUT2D eigenvalue weighted by Crippen LogP contribution is 2.19. The maximum Gasteiger partial charge on any atom is 0.276 e. The highest BCUT2D eigenvalue weighted by atomic mass is 16.1. The van der Waals surface area contributed by atoms with Crippen molar-refractivity contribution in [1.82, 2.24) is 10.2 Å². The Hall–Kier alpha value is -3.92. The summed E-state index contributed by atoms with van der Waals surface area (Å²) in [4.78, 5) is 16.9. The fraction of sp³-hybridized carbons (Fsp3) is 0.182. The van der Waals surface area contributed by atoms with Crippen molar-refractivity contribution in [3.05, 3.63) is 78.0 Å². The Bertz CT molecular complexity index is 1020. The molecule has 0 unspecified atom stereocenters. The van der Waals surface area contributed by atoms with Crippen molar-refractivity contribution in [1.29, 1.82) is 5.26 Å². The predicted molar refractivity (Wildman–Crippen MR) is 112 cm³/mol. The van der Waals surface area contributed by atoms with Crippen LogP contribution in [0.15, 0.2) is 66.7 Å². The van der Waals surface area contributed by atoms with E-state index in [1.54, 1.807) is 30.3 Å². The van der Waals surface area contributed by atoms with Gasteiger partial charge < -0.3 is 15.1 Å². The summed E-state index contributed by atoms with van der Waals surface area (Å²) in [6, 6.07) is 22.7. The summed E-state index contributed by atoms with van der Waals surface area (Å²) in [5.41, 5.74) is 2.50. The van der Waals surface area contributed by atoms with E-state index in [0.29, 0.717) is 11.3 Å². The van der Waals surface area contributed by atoms with E-state index in [9.17, 15) is 4.79 Å². The molecule has 1 aliphatic heterocycles. The number of nitrogens with zero attached hydrogens (tertiary/aromatic N) is 5. The zero-order valence-corrected chi connectivity index (χ0v) is 15.8. The van der Waals surface area contributed by atoms with Gasteiger partial charge >= 0.3 is 0 Å². The fourth-order valence-electron chi connectivity index (χ4n) is 3.31. The molecule has 0 atom stereocenters. The van der Waals surface area contributed by atoms with Gasteiger partial charge in [-0.1, -0.05) is 24.3 Å². The molecule has 7 heteroatoms. The number of rotatable bonds is 4. The van der Waals surface area contributed by atoms with Gasteiger partial charge in [-0.15, -0.1) is 10.2 Å². The molecule has 3 aromatic rings. The zero-order valence-electron chi connectivity index (χ0n) is 15.8. The normalized spacial score (nSPS) is 13.6. The molecule has 7 nitrogen and oxygen atoms in total. The van der Waals surface area contributed by atoms with Gasteiger partial charge in [0.2, 0.25) is 0 Å². The third-order valence-corrected chi connectivity index (χ3v) is 4.86. The van der Waals surface area contributed by atoms with Crippen LogP contribution < -0.4 is 15.1 Å². The number of aromatic nitrogens is 2. The number of nitrogens with one attached hydrogen (secondary N) is 1. The molecule has 144 valence electrons. The van der Waals surface area contributed by atoms with E-state index in [0.717, 1.165) is 32.0 Å². The van der Waals surface area contributed by atoms with Crippen LogP contribution in [0.4, 0.5) is 17.2 Å². The highest BCUT2D eigenvalue weighted by Gasteiger charge is 2.19. The largest absolute Gasteiger partial charge is 0.368 e. The first-order valence-corrected chi connectivity index (χ1v) is 9.43. The quantitative estimate of drug-likeness (QED) is 0.744. The van der Waals surface area contributed by atoms with Crippen molar-refractivity contribution in [2.24, 2.45) is 0 Å². The molecule has 1 aromatic heterocycles. The summed E-state index contributed by atoms with van der Waals surface area (Å²) in [5.74, 6) is 0.411. The summed E-state index contributed by atoms with van der Waals surface area (Å²) < 4.78 is 0. The maximum atomic E-state index is 12.4. The average Bonchev–Trinajstić information content (AvgIpc) is 2.80. The monoisotopic (exact) mass is 384 g/mol. The number of para-hydroxylation sites is 1. The molecule has 1 aliphatic rings. The molecular weight excluding hydrogens is 364 g/mol. The van der Waals surface area contributed by atoms with Crippen LogP contribution in [0.1, 0.15) is 16.1 Å². The Morgan fingerprint density at radius 2 is 1.66 bits per heavy atom. The molecule has 1 fully saturated rings. The molecule has 29 heavy (non-hydrogen) atoms. The molecule has 0 saturated carbocycles. The third-order valence-electron chi connectivity index (χ3n) is 4.86. The molecule has 0 spiro atoms. The Kier molecular flexibility index (Phi) is 5.34. The summed E-state index contributed by atoms with van der Waals surface area (Å²) in [6.07, 6.45) is 0. The summed E-state index contributed by atoms with van der Waals surface area (Å²) >= 11 is 0. The second kappa shape index (κ2) is 8.40. The number of nitriles is 1. The zero-order chi connectivity index (χ0) is 20.1. The Morgan fingerprint density at radius 3 is 2.34 bits per heavy atom.